The minimum absolute atomic E-state index is 0.131. The van der Waals surface area contributed by atoms with Crippen molar-refractivity contribution < 1.29 is 18.3 Å². The van der Waals surface area contributed by atoms with Gasteiger partial charge in [0.05, 0.1) is 12.0 Å². The molecule has 1 aromatic rings. The molecule has 2 rings (SSSR count). The van der Waals surface area contributed by atoms with Crippen molar-refractivity contribution in [2.24, 2.45) is 11.8 Å². The summed E-state index contributed by atoms with van der Waals surface area (Å²) in [6, 6.07) is 6.43. The van der Waals surface area contributed by atoms with Crippen molar-refractivity contribution in [3.05, 3.63) is 24.3 Å². The van der Waals surface area contributed by atoms with Crippen molar-refractivity contribution in [1.29, 1.82) is 0 Å². The van der Waals surface area contributed by atoms with Crippen LogP contribution in [0.25, 0.3) is 0 Å². The highest BCUT2D eigenvalue weighted by Crippen LogP contribution is 2.29. The van der Waals surface area contributed by atoms with E-state index in [1.807, 2.05) is 0 Å². The van der Waals surface area contributed by atoms with Crippen LogP contribution in [0.4, 0.5) is 0 Å². The van der Waals surface area contributed by atoms with E-state index >= 15 is 0 Å². The topological polar surface area (TPSA) is 75.6 Å². The number of aliphatic hydroxyl groups is 1. The first kappa shape index (κ1) is 16.3. The van der Waals surface area contributed by atoms with Gasteiger partial charge in [0.1, 0.15) is 5.75 Å². The molecule has 1 aromatic carbocycles. The van der Waals surface area contributed by atoms with Crippen LogP contribution in [0.2, 0.25) is 0 Å². The zero-order chi connectivity index (χ0) is 15.3. The van der Waals surface area contributed by atoms with E-state index in [0.717, 1.165) is 25.7 Å². The van der Waals surface area contributed by atoms with Gasteiger partial charge in [0.25, 0.3) is 0 Å². The molecule has 0 heterocycles. The van der Waals surface area contributed by atoms with Crippen molar-refractivity contribution in [3.63, 3.8) is 0 Å². The number of hydrogen-bond donors (Lipinski definition) is 2. The normalized spacial score (nSPS) is 23.0. The number of rotatable bonds is 6. The first-order valence-electron chi connectivity index (χ1n) is 7.31. The summed E-state index contributed by atoms with van der Waals surface area (Å²) in [4.78, 5) is 0.207. The van der Waals surface area contributed by atoms with Crippen LogP contribution in [0.3, 0.4) is 0 Å². The SMILES string of the molecule is COc1cccc(S(=O)(=O)NCC2CCCCC2CO)c1. The van der Waals surface area contributed by atoms with Crippen LogP contribution in [0.15, 0.2) is 29.2 Å². The molecule has 0 amide bonds. The predicted octanol–water partition coefficient (Wildman–Crippen LogP) is 1.77. The van der Waals surface area contributed by atoms with E-state index in [9.17, 15) is 13.5 Å². The van der Waals surface area contributed by atoms with Crippen LogP contribution in [0.5, 0.6) is 5.75 Å². The molecule has 118 valence electrons. The Morgan fingerprint density at radius 2 is 2.00 bits per heavy atom. The van der Waals surface area contributed by atoms with E-state index < -0.39 is 10.0 Å². The smallest absolute Gasteiger partial charge is 0.240 e. The van der Waals surface area contributed by atoms with Crippen LogP contribution in [0, 0.1) is 11.8 Å². The van der Waals surface area contributed by atoms with E-state index in [2.05, 4.69) is 4.72 Å². The van der Waals surface area contributed by atoms with Crippen molar-refractivity contribution >= 4 is 10.0 Å². The molecule has 0 spiro atoms. The fourth-order valence-electron chi connectivity index (χ4n) is 2.86. The maximum Gasteiger partial charge on any atom is 0.240 e. The second-order valence-electron chi connectivity index (χ2n) is 5.52. The molecule has 0 bridgehead atoms. The molecule has 0 radical (unpaired) electrons. The molecule has 2 unspecified atom stereocenters. The second kappa shape index (κ2) is 7.24. The highest BCUT2D eigenvalue weighted by Gasteiger charge is 2.26. The Morgan fingerprint density at radius 1 is 1.29 bits per heavy atom. The van der Waals surface area contributed by atoms with Gasteiger partial charge in [0.15, 0.2) is 0 Å². The fourth-order valence-corrected chi connectivity index (χ4v) is 3.99. The highest BCUT2D eigenvalue weighted by atomic mass is 32.2. The first-order valence-corrected chi connectivity index (χ1v) is 8.79. The van der Waals surface area contributed by atoms with E-state index in [-0.39, 0.29) is 23.3 Å². The summed E-state index contributed by atoms with van der Waals surface area (Å²) in [5.74, 6) is 0.930. The molecule has 0 aromatic heterocycles. The zero-order valence-electron chi connectivity index (χ0n) is 12.3. The lowest BCUT2D eigenvalue weighted by Gasteiger charge is -2.30. The predicted molar refractivity (Wildman–Crippen MR) is 80.7 cm³/mol. The molecule has 1 fully saturated rings. The molecule has 21 heavy (non-hydrogen) atoms. The van der Waals surface area contributed by atoms with Gasteiger partial charge in [-0.05, 0) is 36.8 Å². The first-order chi connectivity index (χ1) is 10.1. The average Bonchev–Trinajstić information content (AvgIpc) is 2.53. The summed E-state index contributed by atoms with van der Waals surface area (Å²) in [5, 5.41) is 9.38. The maximum absolute atomic E-state index is 12.3. The number of ether oxygens (including phenoxy) is 1. The third-order valence-corrected chi connectivity index (χ3v) is 5.61. The van der Waals surface area contributed by atoms with Gasteiger partial charge < -0.3 is 9.84 Å². The van der Waals surface area contributed by atoms with Crippen LogP contribution in [-0.4, -0.2) is 33.8 Å². The molecule has 2 atom stereocenters. The largest absolute Gasteiger partial charge is 0.497 e. The number of hydrogen-bond acceptors (Lipinski definition) is 4. The van der Waals surface area contributed by atoms with Crippen LogP contribution in [0.1, 0.15) is 25.7 Å². The van der Waals surface area contributed by atoms with Gasteiger partial charge in [0, 0.05) is 19.2 Å². The number of methoxy groups -OCH3 is 1. The average molecular weight is 313 g/mol. The van der Waals surface area contributed by atoms with Gasteiger partial charge >= 0.3 is 0 Å². The molecule has 0 saturated heterocycles. The van der Waals surface area contributed by atoms with Gasteiger partial charge in [-0.2, -0.15) is 0 Å². The Morgan fingerprint density at radius 3 is 2.67 bits per heavy atom. The summed E-state index contributed by atoms with van der Waals surface area (Å²) in [6.45, 7) is 0.510. The summed E-state index contributed by atoms with van der Waals surface area (Å²) < 4.78 is 32.3. The Labute approximate surface area is 126 Å². The standard InChI is InChI=1S/C15H23NO4S/c1-20-14-7-4-8-15(9-14)21(18,19)16-10-12-5-2-3-6-13(12)11-17/h4,7-9,12-13,16-17H,2-3,5-6,10-11H2,1H3. The second-order valence-corrected chi connectivity index (χ2v) is 7.29. The summed E-state index contributed by atoms with van der Waals surface area (Å²) in [6.07, 6.45) is 4.15. The quantitative estimate of drug-likeness (QED) is 0.839. The summed E-state index contributed by atoms with van der Waals surface area (Å²) in [5.41, 5.74) is 0. The van der Waals surface area contributed by atoms with Gasteiger partial charge in [-0.15, -0.1) is 0 Å². The summed E-state index contributed by atoms with van der Waals surface area (Å²) in [7, 11) is -2.03. The number of benzene rings is 1. The van der Waals surface area contributed by atoms with Gasteiger partial charge in [-0.3, -0.25) is 0 Å². The van der Waals surface area contributed by atoms with Crippen LogP contribution < -0.4 is 9.46 Å². The minimum atomic E-state index is -3.54. The van der Waals surface area contributed by atoms with Crippen molar-refractivity contribution in [2.45, 2.75) is 30.6 Å². The lowest BCUT2D eigenvalue weighted by Crippen LogP contribution is -2.35. The highest BCUT2D eigenvalue weighted by molar-refractivity contribution is 7.89. The van der Waals surface area contributed by atoms with Crippen LogP contribution >= 0.6 is 0 Å². The molecule has 1 saturated carbocycles. The van der Waals surface area contributed by atoms with Gasteiger partial charge in [-0.25, -0.2) is 13.1 Å². The monoisotopic (exact) mass is 313 g/mol. The molecule has 5 nitrogen and oxygen atoms in total. The lowest BCUT2D eigenvalue weighted by atomic mass is 9.80. The van der Waals surface area contributed by atoms with E-state index in [1.165, 1.54) is 13.2 Å². The molecule has 1 aliphatic carbocycles. The minimum Gasteiger partial charge on any atom is -0.497 e. The molecule has 1 aliphatic rings. The van der Waals surface area contributed by atoms with Gasteiger partial charge in [0.2, 0.25) is 10.0 Å². The molecule has 0 aliphatic heterocycles. The number of sulfonamides is 1. The molecular formula is C15H23NO4S. The number of nitrogens with one attached hydrogen (secondary N) is 1. The molecular weight excluding hydrogens is 290 g/mol. The fraction of sp³-hybridized carbons (Fsp3) is 0.600. The Balaban J connectivity index is 2.03. The van der Waals surface area contributed by atoms with Crippen molar-refractivity contribution in [1.82, 2.24) is 4.72 Å². The van der Waals surface area contributed by atoms with E-state index in [4.69, 9.17) is 4.74 Å². The Kier molecular flexibility index (Phi) is 5.61. The lowest BCUT2D eigenvalue weighted by molar-refractivity contribution is 0.136. The van der Waals surface area contributed by atoms with E-state index in [1.54, 1.807) is 18.2 Å². The van der Waals surface area contributed by atoms with E-state index in [0.29, 0.717) is 12.3 Å². The Bertz CT molecular complexity index is 559. The third-order valence-electron chi connectivity index (χ3n) is 4.19. The van der Waals surface area contributed by atoms with Crippen molar-refractivity contribution in [2.75, 3.05) is 20.3 Å². The van der Waals surface area contributed by atoms with Crippen molar-refractivity contribution in [3.8, 4) is 5.75 Å². The number of aliphatic hydroxyl groups excluding tert-OH is 1. The molecule has 6 heteroatoms. The Hall–Kier alpha value is -1.11. The van der Waals surface area contributed by atoms with Crippen LogP contribution in [-0.2, 0) is 10.0 Å². The zero-order valence-corrected chi connectivity index (χ0v) is 13.1. The molecule has 2 N–H and O–H groups in total. The third kappa shape index (κ3) is 4.18. The summed E-state index contributed by atoms with van der Waals surface area (Å²) >= 11 is 0. The van der Waals surface area contributed by atoms with Gasteiger partial charge in [-0.1, -0.05) is 18.9 Å². The maximum atomic E-state index is 12.3.